The van der Waals surface area contributed by atoms with Gasteiger partial charge in [0.2, 0.25) is 0 Å². The van der Waals surface area contributed by atoms with E-state index < -0.39 is 6.10 Å². The molecule has 1 saturated heterocycles. The van der Waals surface area contributed by atoms with E-state index in [-0.39, 0.29) is 11.7 Å². The molecular formula is C29H30N4O3. The molecule has 3 aromatic carbocycles. The van der Waals surface area contributed by atoms with E-state index in [4.69, 9.17) is 9.72 Å². The van der Waals surface area contributed by atoms with Crippen molar-refractivity contribution in [3.05, 3.63) is 89.0 Å². The topological polar surface area (TPSA) is 83.4 Å². The standard InChI is InChI=1S/C29H30N4O3/c34-20(17-33-26-13-5-2-9-22(26)23-10-3-6-14-27(23)33)16-32(18-21-8-7-15-36-21)19-28-30-25-12-4-1-11-24(25)29(35)31-28/h1-6,9-14,20-21,34H,7-8,15-19H2,(H,30,31,35). The number of aliphatic hydroxyl groups excluding tert-OH is 1. The van der Waals surface area contributed by atoms with Crippen molar-refractivity contribution in [2.75, 3.05) is 19.7 Å². The lowest BCUT2D eigenvalue weighted by atomic mass is 10.2. The van der Waals surface area contributed by atoms with E-state index in [9.17, 15) is 9.90 Å². The Labute approximate surface area is 208 Å². The number of hydrogen-bond acceptors (Lipinski definition) is 5. The van der Waals surface area contributed by atoms with Crippen LogP contribution in [-0.4, -0.2) is 56.4 Å². The molecule has 2 N–H and O–H groups in total. The molecule has 5 aromatic rings. The minimum absolute atomic E-state index is 0.123. The van der Waals surface area contributed by atoms with Gasteiger partial charge in [-0.1, -0.05) is 48.5 Å². The van der Waals surface area contributed by atoms with Gasteiger partial charge in [0.1, 0.15) is 5.82 Å². The molecule has 36 heavy (non-hydrogen) atoms. The van der Waals surface area contributed by atoms with Crippen molar-refractivity contribution in [3.8, 4) is 0 Å². The van der Waals surface area contributed by atoms with Gasteiger partial charge in [-0.05, 0) is 37.1 Å². The van der Waals surface area contributed by atoms with Crippen molar-refractivity contribution < 1.29 is 9.84 Å². The zero-order chi connectivity index (χ0) is 24.5. The van der Waals surface area contributed by atoms with Crippen LogP contribution in [0.1, 0.15) is 18.7 Å². The van der Waals surface area contributed by atoms with Crippen LogP contribution in [0, 0.1) is 0 Å². The quantitative estimate of drug-likeness (QED) is 0.348. The summed E-state index contributed by atoms with van der Waals surface area (Å²) in [6, 6.07) is 24.0. The van der Waals surface area contributed by atoms with E-state index in [0.717, 1.165) is 30.5 Å². The van der Waals surface area contributed by atoms with Crippen molar-refractivity contribution in [2.45, 2.75) is 38.1 Å². The Kier molecular flexibility index (Phi) is 6.27. The number of para-hydroxylation sites is 3. The number of aromatic nitrogens is 3. The first-order chi connectivity index (χ1) is 17.7. The molecule has 0 aliphatic carbocycles. The third-order valence-electron chi connectivity index (χ3n) is 7.06. The first-order valence-electron chi connectivity index (χ1n) is 12.6. The molecule has 2 atom stereocenters. The van der Waals surface area contributed by atoms with Crippen LogP contribution < -0.4 is 5.56 Å². The molecule has 184 valence electrons. The first-order valence-corrected chi connectivity index (χ1v) is 12.6. The predicted molar refractivity (Wildman–Crippen MR) is 142 cm³/mol. The first kappa shape index (κ1) is 22.9. The van der Waals surface area contributed by atoms with Gasteiger partial charge < -0.3 is 19.4 Å². The molecule has 0 spiro atoms. The summed E-state index contributed by atoms with van der Waals surface area (Å²) in [6.07, 6.45) is 1.56. The monoisotopic (exact) mass is 482 g/mol. The Morgan fingerprint density at radius 2 is 1.67 bits per heavy atom. The van der Waals surface area contributed by atoms with Crippen molar-refractivity contribution in [3.63, 3.8) is 0 Å². The summed E-state index contributed by atoms with van der Waals surface area (Å²) >= 11 is 0. The Morgan fingerprint density at radius 3 is 2.36 bits per heavy atom. The summed E-state index contributed by atoms with van der Waals surface area (Å²) < 4.78 is 8.10. The molecule has 7 nitrogen and oxygen atoms in total. The molecule has 2 aromatic heterocycles. The lowest BCUT2D eigenvalue weighted by Gasteiger charge is -2.27. The summed E-state index contributed by atoms with van der Waals surface area (Å²) in [4.78, 5) is 22.4. The van der Waals surface area contributed by atoms with E-state index >= 15 is 0 Å². The maximum Gasteiger partial charge on any atom is 0.258 e. The van der Waals surface area contributed by atoms with E-state index in [2.05, 4.69) is 50.8 Å². The molecule has 7 heteroatoms. The smallest absolute Gasteiger partial charge is 0.258 e. The highest BCUT2D eigenvalue weighted by Gasteiger charge is 2.23. The van der Waals surface area contributed by atoms with Crippen molar-refractivity contribution >= 4 is 32.7 Å². The summed E-state index contributed by atoms with van der Waals surface area (Å²) in [7, 11) is 0. The number of hydrogen-bond donors (Lipinski definition) is 2. The van der Waals surface area contributed by atoms with E-state index in [1.165, 1.54) is 10.8 Å². The van der Waals surface area contributed by atoms with E-state index in [0.29, 0.717) is 42.9 Å². The number of nitrogens with one attached hydrogen (secondary N) is 1. The molecule has 0 bridgehead atoms. The number of rotatable bonds is 8. The van der Waals surface area contributed by atoms with Gasteiger partial charge in [0.05, 0.1) is 36.2 Å². The minimum atomic E-state index is -0.613. The number of aliphatic hydroxyl groups is 1. The second-order valence-corrected chi connectivity index (χ2v) is 9.66. The second-order valence-electron chi connectivity index (χ2n) is 9.66. The average molecular weight is 483 g/mol. The van der Waals surface area contributed by atoms with E-state index in [1.807, 2.05) is 30.3 Å². The third kappa shape index (κ3) is 4.53. The molecule has 1 aliphatic rings. The molecule has 1 fully saturated rings. The van der Waals surface area contributed by atoms with Crippen LogP contribution in [0.2, 0.25) is 0 Å². The van der Waals surface area contributed by atoms with Crippen LogP contribution >= 0.6 is 0 Å². The fourth-order valence-corrected chi connectivity index (χ4v) is 5.47. The number of benzene rings is 3. The van der Waals surface area contributed by atoms with Gasteiger partial charge in [0.15, 0.2) is 0 Å². The Balaban J connectivity index is 1.27. The highest BCUT2D eigenvalue weighted by atomic mass is 16.5. The van der Waals surface area contributed by atoms with Gasteiger partial charge in [-0.2, -0.15) is 0 Å². The summed E-state index contributed by atoms with van der Waals surface area (Å²) in [5, 5.41) is 14.3. The maximum atomic E-state index is 12.6. The number of nitrogens with zero attached hydrogens (tertiary/aromatic N) is 3. The van der Waals surface area contributed by atoms with Crippen molar-refractivity contribution in [1.82, 2.24) is 19.4 Å². The van der Waals surface area contributed by atoms with Gasteiger partial charge in [-0.3, -0.25) is 9.69 Å². The SMILES string of the molecule is O=c1[nH]c(CN(CC(O)Cn2c3ccccc3c3ccccc32)CC2CCCO2)nc2ccccc12. The lowest BCUT2D eigenvalue weighted by Crippen LogP contribution is -2.39. The van der Waals surface area contributed by atoms with Crippen LogP contribution in [0.3, 0.4) is 0 Å². The Morgan fingerprint density at radius 1 is 1.00 bits per heavy atom. The summed E-state index contributed by atoms with van der Waals surface area (Å²) in [5.41, 5.74) is 2.77. The Hall–Kier alpha value is -3.52. The number of fused-ring (bicyclic) bond motifs is 4. The number of H-pyrrole nitrogens is 1. The van der Waals surface area contributed by atoms with Gasteiger partial charge in [0.25, 0.3) is 5.56 Å². The van der Waals surface area contributed by atoms with Gasteiger partial charge >= 0.3 is 0 Å². The summed E-state index contributed by atoms with van der Waals surface area (Å²) in [6.45, 7) is 2.80. The van der Waals surface area contributed by atoms with Gasteiger partial charge in [-0.15, -0.1) is 0 Å². The second kappa shape index (κ2) is 9.85. The fraction of sp³-hybridized carbons (Fsp3) is 0.310. The molecule has 2 unspecified atom stereocenters. The highest BCUT2D eigenvalue weighted by Crippen LogP contribution is 2.29. The van der Waals surface area contributed by atoms with Crippen LogP contribution in [0.15, 0.2) is 77.6 Å². The molecule has 0 radical (unpaired) electrons. The molecule has 3 heterocycles. The molecular weight excluding hydrogens is 452 g/mol. The third-order valence-corrected chi connectivity index (χ3v) is 7.06. The minimum Gasteiger partial charge on any atom is -0.390 e. The maximum absolute atomic E-state index is 12.6. The lowest BCUT2D eigenvalue weighted by molar-refractivity contribution is 0.0415. The van der Waals surface area contributed by atoms with Crippen LogP contribution in [-0.2, 0) is 17.8 Å². The zero-order valence-corrected chi connectivity index (χ0v) is 20.1. The highest BCUT2D eigenvalue weighted by molar-refractivity contribution is 6.07. The van der Waals surface area contributed by atoms with Gasteiger partial charge in [0, 0.05) is 41.5 Å². The molecule has 6 rings (SSSR count). The molecule has 1 aliphatic heterocycles. The van der Waals surface area contributed by atoms with Crippen LogP contribution in [0.5, 0.6) is 0 Å². The molecule has 0 amide bonds. The number of ether oxygens (including phenoxy) is 1. The predicted octanol–water partition coefficient (Wildman–Crippen LogP) is 4.07. The zero-order valence-electron chi connectivity index (χ0n) is 20.1. The van der Waals surface area contributed by atoms with Crippen molar-refractivity contribution in [1.29, 1.82) is 0 Å². The van der Waals surface area contributed by atoms with Crippen molar-refractivity contribution in [2.24, 2.45) is 0 Å². The Bertz CT molecular complexity index is 1510. The molecule has 0 saturated carbocycles. The van der Waals surface area contributed by atoms with Gasteiger partial charge in [-0.25, -0.2) is 4.98 Å². The van der Waals surface area contributed by atoms with E-state index in [1.54, 1.807) is 6.07 Å². The largest absolute Gasteiger partial charge is 0.390 e. The van der Waals surface area contributed by atoms with Crippen LogP contribution in [0.25, 0.3) is 32.7 Å². The number of aromatic amines is 1. The average Bonchev–Trinajstić information content (AvgIpc) is 3.51. The van der Waals surface area contributed by atoms with Crippen LogP contribution in [0.4, 0.5) is 0 Å². The normalized spacial score (nSPS) is 17.0. The fourth-order valence-electron chi connectivity index (χ4n) is 5.47. The summed E-state index contributed by atoms with van der Waals surface area (Å²) in [5.74, 6) is 0.598.